The Bertz CT molecular complexity index is 778. The summed E-state index contributed by atoms with van der Waals surface area (Å²) >= 11 is 0. The molecular formula is C30H45NO3. The van der Waals surface area contributed by atoms with Gasteiger partial charge in [0.15, 0.2) is 0 Å². The number of carboxylic acids is 1. The number of aliphatic hydroxyl groups excluding tert-OH is 1. The summed E-state index contributed by atoms with van der Waals surface area (Å²) in [4.78, 5) is 10.7. The first-order valence-corrected chi connectivity index (χ1v) is 13.4. The van der Waals surface area contributed by atoms with Gasteiger partial charge in [-0.25, -0.2) is 0 Å². The van der Waals surface area contributed by atoms with Crippen LogP contribution in [0.15, 0.2) is 54.6 Å². The van der Waals surface area contributed by atoms with Crippen LogP contribution in [-0.4, -0.2) is 29.3 Å². The van der Waals surface area contributed by atoms with Gasteiger partial charge in [-0.05, 0) is 55.3 Å². The molecule has 0 heterocycles. The first-order valence-electron chi connectivity index (χ1n) is 13.4. The van der Waals surface area contributed by atoms with Crippen LogP contribution in [0.5, 0.6) is 0 Å². The van der Waals surface area contributed by atoms with Crippen molar-refractivity contribution >= 4 is 5.97 Å². The van der Waals surface area contributed by atoms with Gasteiger partial charge in [0, 0.05) is 13.0 Å². The van der Waals surface area contributed by atoms with Gasteiger partial charge in [-0.2, -0.15) is 0 Å². The number of aryl methyl sites for hydroxylation is 2. The molecule has 4 heteroatoms. The minimum Gasteiger partial charge on any atom is -0.481 e. The summed E-state index contributed by atoms with van der Waals surface area (Å²) in [5.74, 6) is -0.704. The lowest BCUT2D eigenvalue weighted by atomic mass is 9.97. The normalized spacial score (nSPS) is 12.0. The molecule has 0 spiro atoms. The molecule has 0 saturated carbocycles. The Kier molecular flexibility index (Phi) is 15.0. The number of rotatable bonds is 20. The highest BCUT2D eigenvalue weighted by Crippen LogP contribution is 2.17. The first kappa shape index (κ1) is 28.1. The summed E-state index contributed by atoms with van der Waals surface area (Å²) < 4.78 is 0. The van der Waals surface area contributed by atoms with Gasteiger partial charge >= 0.3 is 5.97 Å². The average Bonchev–Trinajstić information content (AvgIpc) is 2.85. The molecule has 0 saturated heterocycles. The Labute approximate surface area is 206 Å². The van der Waals surface area contributed by atoms with Gasteiger partial charge in [-0.1, -0.05) is 106 Å². The zero-order valence-corrected chi connectivity index (χ0v) is 20.9. The molecule has 0 amide bonds. The van der Waals surface area contributed by atoms with Crippen molar-refractivity contribution in [3.05, 3.63) is 71.3 Å². The van der Waals surface area contributed by atoms with Crippen LogP contribution in [-0.2, 0) is 17.6 Å². The lowest BCUT2D eigenvalue weighted by Gasteiger charge is -2.12. The van der Waals surface area contributed by atoms with Crippen LogP contribution < -0.4 is 5.32 Å². The fourth-order valence-electron chi connectivity index (χ4n) is 4.49. The fourth-order valence-corrected chi connectivity index (χ4v) is 4.49. The van der Waals surface area contributed by atoms with E-state index < -0.39 is 12.1 Å². The molecule has 1 atom stereocenters. The third-order valence-corrected chi connectivity index (χ3v) is 6.53. The second-order valence-corrected chi connectivity index (χ2v) is 9.43. The van der Waals surface area contributed by atoms with Crippen LogP contribution >= 0.6 is 0 Å². The average molecular weight is 468 g/mol. The maximum absolute atomic E-state index is 10.7. The Morgan fingerprint density at radius 3 is 1.76 bits per heavy atom. The van der Waals surface area contributed by atoms with E-state index in [4.69, 9.17) is 5.11 Å². The Balaban J connectivity index is 1.38. The number of carboxylic acid groups (broad SMARTS) is 1. The predicted octanol–water partition coefficient (Wildman–Crippen LogP) is 6.86. The Hall–Kier alpha value is -2.17. The maximum atomic E-state index is 10.7. The molecular weight excluding hydrogens is 422 g/mol. The molecule has 0 fully saturated rings. The quantitative estimate of drug-likeness (QED) is 0.186. The van der Waals surface area contributed by atoms with Gasteiger partial charge in [0.2, 0.25) is 0 Å². The molecule has 4 nitrogen and oxygen atoms in total. The topological polar surface area (TPSA) is 69.6 Å². The van der Waals surface area contributed by atoms with Crippen LogP contribution in [0.4, 0.5) is 0 Å². The monoisotopic (exact) mass is 467 g/mol. The van der Waals surface area contributed by atoms with Crippen molar-refractivity contribution in [2.45, 2.75) is 96.0 Å². The van der Waals surface area contributed by atoms with Gasteiger partial charge in [0.05, 0.1) is 6.10 Å². The van der Waals surface area contributed by atoms with E-state index in [-0.39, 0.29) is 6.42 Å². The molecule has 0 bridgehead atoms. The van der Waals surface area contributed by atoms with Crippen LogP contribution in [0.1, 0.15) is 99.8 Å². The highest BCUT2D eigenvalue weighted by molar-refractivity contribution is 5.66. The van der Waals surface area contributed by atoms with Crippen LogP contribution in [0.2, 0.25) is 0 Å². The largest absolute Gasteiger partial charge is 0.481 e. The van der Waals surface area contributed by atoms with E-state index in [1.165, 1.54) is 75.3 Å². The number of hydrogen-bond acceptors (Lipinski definition) is 3. The minimum absolute atomic E-state index is 0.254. The summed E-state index contributed by atoms with van der Waals surface area (Å²) in [6.45, 7) is 1.60. The van der Waals surface area contributed by atoms with Gasteiger partial charge in [-0.15, -0.1) is 0 Å². The molecule has 0 aromatic heterocycles. The van der Waals surface area contributed by atoms with Crippen LogP contribution in [0, 0.1) is 0 Å². The minimum atomic E-state index is -0.704. The third-order valence-electron chi connectivity index (χ3n) is 6.53. The number of aliphatic hydroxyl groups is 1. The van der Waals surface area contributed by atoms with Crippen molar-refractivity contribution in [1.29, 1.82) is 0 Å². The smallest absolute Gasteiger partial charge is 0.303 e. The van der Waals surface area contributed by atoms with Gasteiger partial charge < -0.3 is 15.5 Å². The van der Waals surface area contributed by atoms with Gasteiger partial charge in [0.1, 0.15) is 0 Å². The molecule has 2 aromatic rings. The van der Waals surface area contributed by atoms with Crippen LogP contribution in [0.25, 0.3) is 0 Å². The molecule has 0 radical (unpaired) electrons. The van der Waals surface area contributed by atoms with Crippen molar-refractivity contribution in [3.8, 4) is 0 Å². The summed E-state index contributed by atoms with van der Waals surface area (Å²) in [6, 6.07) is 18.4. The predicted molar refractivity (Wildman–Crippen MR) is 141 cm³/mol. The van der Waals surface area contributed by atoms with Gasteiger partial charge in [-0.3, -0.25) is 4.79 Å². The standard InChI is InChI=1S/C30H45NO3/c32-29(28-20-11-9-12-21-28)25-31-24-15-8-6-4-2-1-3-5-7-10-17-26-18-13-14-19-27(26)22-16-23-30(33)34/h9,11-14,18-21,29,31-32H,1-8,10,15-17,22-25H2,(H,33,34). The number of benzene rings is 2. The number of nitrogens with one attached hydrogen (secondary N) is 1. The second kappa shape index (κ2) is 18.2. The zero-order chi connectivity index (χ0) is 24.3. The molecule has 3 N–H and O–H groups in total. The molecule has 0 aliphatic heterocycles. The third kappa shape index (κ3) is 12.9. The van der Waals surface area contributed by atoms with E-state index in [9.17, 15) is 9.90 Å². The van der Waals surface area contributed by atoms with E-state index in [2.05, 4.69) is 29.6 Å². The maximum Gasteiger partial charge on any atom is 0.303 e. The van der Waals surface area contributed by atoms with Crippen molar-refractivity contribution in [3.63, 3.8) is 0 Å². The molecule has 34 heavy (non-hydrogen) atoms. The lowest BCUT2D eigenvalue weighted by molar-refractivity contribution is -0.137. The summed E-state index contributed by atoms with van der Waals surface area (Å²) in [5, 5.41) is 22.3. The Morgan fingerprint density at radius 1 is 0.676 bits per heavy atom. The highest BCUT2D eigenvalue weighted by atomic mass is 16.4. The van der Waals surface area contributed by atoms with Crippen LogP contribution in [0.3, 0.4) is 0 Å². The number of unbranched alkanes of at least 4 members (excludes halogenated alkanes) is 9. The van der Waals surface area contributed by atoms with E-state index in [0.717, 1.165) is 31.4 Å². The van der Waals surface area contributed by atoms with Crippen molar-refractivity contribution in [2.24, 2.45) is 0 Å². The summed E-state index contributed by atoms with van der Waals surface area (Å²) in [7, 11) is 0. The molecule has 1 unspecified atom stereocenters. The zero-order valence-electron chi connectivity index (χ0n) is 20.9. The van der Waals surface area contributed by atoms with Crippen molar-refractivity contribution < 1.29 is 15.0 Å². The highest BCUT2D eigenvalue weighted by Gasteiger charge is 2.06. The first-order chi connectivity index (χ1) is 16.7. The molecule has 188 valence electrons. The van der Waals surface area contributed by atoms with E-state index in [0.29, 0.717) is 6.54 Å². The van der Waals surface area contributed by atoms with E-state index >= 15 is 0 Å². The number of aliphatic carboxylic acids is 1. The number of carbonyl (C=O) groups is 1. The van der Waals surface area contributed by atoms with E-state index in [1.54, 1.807) is 0 Å². The summed E-state index contributed by atoms with van der Waals surface area (Å²) in [5.41, 5.74) is 3.70. The number of hydrogen-bond donors (Lipinski definition) is 3. The Morgan fingerprint density at radius 2 is 1.18 bits per heavy atom. The second-order valence-electron chi connectivity index (χ2n) is 9.43. The molecule has 0 aliphatic rings. The molecule has 2 rings (SSSR count). The van der Waals surface area contributed by atoms with Crippen molar-refractivity contribution in [1.82, 2.24) is 5.32 Å². The van der Waals surface area contributed by atoms with Crippen molar-refractivity contribution in [2.75, 3.05) is 13.1 Å². The fraction of sp³-hybridized carbons (Fsp3) is 0.567. The lowest BCUT2D eigenvalue weighted by Crippen LogP contribution is -2.22. The SMILES string of the molecule is O=C(O)CCCc1ccccc1CCCCCCCCCCCCNCC(O)c1ccccc1. The van der Waals surface area contributed by atoms with E-state index in [1.807, 2.05) is 30.3 Å². The summed E-state index contributed by atoms with van der Waals surface area (Å²) in [6.07, 6.45) is 15.5. The molecule has 0 aliphatic carbocycles. The molecule has 2 aromatic carbocycles. The van der Waals surface area contributed by atoms with Gasteiger partial charge in [0.25, 0.3) is 0 Å².